The summed E-state index contributed by atoms with van der Waals surface area (Å²) in [5, 5.41) is 1.18. The molecule has 2 atom stereocenters. The van der Waals surface area contributed by atoms with Crippen LogP contribution >= 0.6 is 34.8 Å². The molecule has 1 aliphatic heterocycles. The number of nitrogens with zero attached hydrogens (tertiary/aromatic N) is 2. The highest BCUT2D eigenvalue weighted by Crippen LogP contribution is 2.57. The molecule has 4 nitrogen and oxygen atoms in total. The van der Waals surface area contributed by atoms with E-state index in [2.05, 4.69) is 26.8 Å². The molecule has 3 aromatic rings. The SMILES string of the molecule is CCOc1cc(C(C)(C)C)ccc1C1=N[C@@](CC)(c2ccc(Cl)cc2)[C@](Cl)(c2ccc(Cl)cc2)N1C=O. The van der Waals surface area contributed by atoms with Gasteiger partial charge in [-0.2, -0.15) is 0 Å². The lowest BCUT2D eigenvalue weighted by molar-refractivity contribution is -0.117. The van der Waals surface area contributed by atoms with E-state index in [0.29, 0.717) is 45.8 Å². The molecular weight excluding hydrogens is 527 g/mol. The highest BCUT2D eigenvalue weighted by Gasteiger charge is 2.61. The van der Waals surface area contributed by atoms with E-state index in [0.717, 1.165) is 17.5 Å². The van der Waals surface area contributed by atoms with Crippen LogP contribution in [0.3, 0.4) is 0 Å². The summed E-state index contributed by atoms with van der Waals surface area (Å²) in [6.07, 6.45) is 1.26. The number of aliphatic imine (C=N–C) groups is 1. The minimum absolute atomic E-state index is 0.0811. The number of hydrogen-bond acceptors (Lipinski definition) is 3. The first-order valence-corrected chi connectivity index (χ1v) is 13.5. The molecule has 1 aliphatic rings. The molecule has 0 aromatic heterocycles. The predicted octanol–water partition coefficient (Wildman–Crippen LogP) is 8.31. The van der Waals surface area contributed by atoms with Gasteiger partial charge in [-0.15, -0.1) is 0 Å². The molecule has 37 heavy (non-hydrogen) atoms. The van der Waals surface area contributed by atoms with Crippen molar-refractivity contribution >= 4 is 47.0 Å². The van der Waals surface area contributed by atoms with E-state index in [9.17, 15) is 4.79 Å². The van der Waals surface area contributed by atoms with Crippen molar-refractivity contribution in [3.05, 3.63) is 99.0 Å². The van der Waals surface area contributed by atoms with Gasteiger partial charge in [-0.25, -0.2) is 0 Å². The number of carbonyl (C=O) groups is 1. The van der Waals surface area contributed by atoms with E-state index in [1.807, 2.05) is 62.4 Å². The van der Waals surface area contributed by atoms with Crippen LogP contribution in [0.4, 0.5) is 0 Å². The molecule has 0 unspecified atom stereocenters. The van der Waals surface area contributed by atoms with Gasteiger partial charge in [-0.1, -0.05) is 92.8 Å². The van der Waals surface area contributed by atoms with Crippen LogP contribution in [0.1, 0.15) is 63.3 Å². The van der Waals surface area contributed by atoms with E-state index in [-0.39, 0.29) is 5.41 Å². The minimum Gasteiger partial charge on any atom is -0.493 e. The largest absolute Gasteiger partial charge is 0.493 e. The molecule has 7 heteroatoms. The number of ether oxygens (including phenoxy) is 1. The summed E-state index contributed by atoms with van der Waals surface area (Å²) in [5.74, 6) is 1.10. The number of benzene rings is 3. The summed E-state index contributed by atoms with van der Waals surface area (Å²) in [5.41, 5.74) is 2.26. The van der Waals surface area contributed by atoms with Crippen molar-refractivity contribution < 1.29 is 9.53 Å². The number of alkyl halides is 1. The van der Waals surface area contributed by atoms with E-state index in [1.165, 1.54) is 4.90 Å². The lowest BCUT2D eigenvalue weighted by Crippen LogP contribution is -2.51. The normalized spacial score (nSPS) is 21.6. The third-order valence-corrected chi connectivity index (χ3v) is 8.18. The standard InChI is InChI=1S/C30H31Cl3N2O2/c1-6-29(20-8-13-23(31)14-9-20)30(33,21-10-15-24(32)16-11-21)35(19-36)27(34-29)25-17-12-22(28(3,4)5)18-26(25)37-7-2/h8-19H,6-7H2,1-5H3/t29-,30-/m0/s1. The maximum absolute atomic E-state index is 12.9. The van der Waals surface area contributed by atoms with Crippen molar-refractivity contribution in [1.29, 1.82) is 0 Å². The highest BCUT2D eigenvalue weighted by molar-refractivity contribution is 6.31. The summed E-state index contributed by atoms with van der Waals surface area (Å²) in [6, 6.07) is 20.7. The first-order valence-electron chi connectivity index (χ1n) is 12.3. The van der Waals surface area contributed by atoms with Crippen LogP contribution < -0.4 is 4.74 Å². The minimum atomic E-state index is -1.37. The molecule has 0 radical (unpaired) electrons. The first-order chi connectivity index (χ1) is 17.5. The van der Waals surface area contributed by atoms with Crippen LogP contribution in [0.25, 0.3) is 0 Å². The van der Waals surface area contributed by atoms with Gasteiger partial charge in [0.05, 0.1) is 12.2 Å². The Morgan fingerprint density at radius 2 is 1.49 bits per heavy atom. The molecule has 4 rings (SSSR count). The van der Waals surface area contributed by atoms with Crippen LogP contribution in [-0.2, 0) is 20.7 Å². The monoisotopic (exact) mass is 556 g/mol. The van der Waals surface area contributed by atoms with Crippen LogP contribution in [0, 0.1) is 0 Å². The van der Waals surface area contributed by atoms with E-state index >= 15 is 0 Å². The number of rotatable bonds is 7. The Labute approximate surface area is 234 Å². The number of amides is 1. The zero-order valence-corrected chi connectivity index (χ0v) is 24.0. The van der Waals surface area contributed by atoms with Crippen LogP contribution in [0.2, 0.25) is 10.0 Å². The van der Waals surface area contributed by atoms with E-state index < -0.39 is 10.5 Å². The molecular formula is C30H31Cl3N2O2. The third-order valence-electron chi connectivity index (χ3n) is 6.96. The van der Waals surface area contributed by atoms with Gasteiger partial charge in [-0.05, 0) is 71.8 Å². The Morgan fingerprint density at radius 3 is 1.97 bits per heavy atom. The molecule has 0 saturated heterocycles. The summed E-state index contributed by atoms with van der Waals surface area (Å²) in [6.45, 7) is 10.9. The quantitative estimate of drug-likeness (QED) is 0.166. The Balaban J connectivity index is 2.04. The Hall–Kier alpha value is -2.53. The molecule has 0 fully saturated rings. The van der Waals surface area contributed by atoms with E-state index in [4.69, 9.17) is 44.5 Å². The van der Waals surface area contributed by atoms with Gasteiger partial charge in [0.2, 0.25) is 6.41 Å². The van der Waals surface area contributed by atoms with Gasteiger partial charge in [-0.3, -0.25) is 14.7 Å². The molecule has 0 spiro atoms. The summed E-state index contributed by atoms with van der Waals surface area (Å²) >= 11 is 20.1. The highest BCUT2D eigenvalue weighted by atomic mass is 35.5. The van der Waals surface area contributed by atoms with Gasteiger partial charge in [0, 0.05) is 10.0 Å². The van der Waals surface area contributed by atoms with Gasteiger partial charge < -0.3 is 4.74 Å². The molecule has 0 N–H and O–H groups in total. The lowest BCUT2D eigenvalue weighted by Gasteiger charge is -2.43. The van der Waals surface area contributed by atoms with Gasteiger partial charge in [0.25, 0.3) is 0 Å². The zero-order chi connectivity index (χ0) is 27.0. The van der Waals surface area contributed by atoms with Gasteiger partial charge in [0.15, 0.2) is 5.00 Å². The van der Waals surface area contributed by atoms with Crippen molar-refractivity contribution in [1.82, 2.24) is 4.90 Å². The average Bonchev–Trinajstić information content (AvgIpc) is 3.13. The molecule has 3 aromatic carbocycles. The summed E-state index contributed by atoms with van der Waals surface area (Å²) < 4.78 is 6.09. The third kappa shape index (κ3) is 4.65. The first kappa shape index (κ1) is 27.5. The Kier molecular flexibility index (Phi) is 7.67. The smallest absolute Gasteiger partial charge is 0.217 e. The number of hydrogen-bond donors (Lipinski definition) is 0. The maximum atomic E-state index is 12.9. The van der Waals surface area contributed by atoms with Crippen molar-refractivity contribution in [2.75, 3.05) is 6.61 Å². The van der Waals surface area contributed by atoms with Crippen molar-refractivity contribution in [3.8, 4) is 5.75 Å². The Bertz CT molecular complexity index is 1320. The Morgan fingerprint density at radius 1 is 0.919 bits per heavy atom. The molecule has 1 amide bonds. The summed E-state index contributed by atoms with van der Waals surface area (Å²) in [4.78, 5) is 18.3. The van der Waals surface area contributed by atoms with Crippen molar-refractivity contribution in [3.63, 3.8) is 0 Å². The molecule has 0 bridgehead atoms. The van der Waals surface area contributed by atoms with Crippen LogP contribution in [0.15, 0.2) is 71.7 Å². The van der Waals surface area contributed by atoms with E-state index in [1.54, 1.807) is 12.1 Å². The molecule has 194 valence electrons. The van der Waals surface area contributed by atoms with Crippen LogP contribution in [0.5, 0.6) is 5.75 Å². The fourth-order valence-corrected chi connectivity index (χ4v) is 5.75. The van der Waals surface area contributed by atoms with Gasteiger partial charge in [0.1, 0.15) is 17.1 Å². The fraction of sp³-hybridized carbons (Fsp3) is 0.333. The topological polar surface area (TPSA) is 41.9 Å². The maximum Gasteiger partial charge on any atom is 0.217 e. The second-order valence-corrected chi connectivity index (χ2v) is 11.6. The van der Waals surface area contributed by atoms with Crippen molar-refractivity contribution in [2.45, 2.75) is 57.0 Å². The number of amidine groups is 1. The zero-order valence-electron chi connectivity index (χ0n) is 21.7. The fourth-order valence-electron chi connectivity index (χ4n) is 4.96. The lowest BCUT2D eigenvalue weighted by atomic mass is 9.77. The van der Waals surface area contributed by atoms with Gasteiger partial charge >= 0.3 is 0 Å². The molecule has 0 saturated carbocycles. The number of carbonyl (C=O) groups excluding carboxylic acids is 1. The predicted molar refractivity (Wildman–Crippen MR) is 153 cm³/mol. The second-order valence-electron chi connectivity index (χ2n) is 10.2. The number of halogens is 3. The molecule has 1 heterocycles. The molecule has 0 aliphatic carbocycles. The van der Waals surface area contributed by atoms with Crippen molar-refractivity contribution in [2.24, 2.45) is 4.99 Å². The second kappa shape index (κ2) is 10.3. The van der Waals surface area contributed by atoms with Crippen LogP contribution in [-0.4, -0.2) is 23.8 Å². The summed E-state index contributed by atoms with van der Waals surface area (Å²) in [7, 11) is 0. The average molecular weight is 558 g/mol.